The zero-order valence-electron chi connectivity index (χ0n) is 19.1. The van der Waals surface area contributed by atoms with Crippen molar-refractivity contribution in [3.05, 3.63) is 23.8 Å². The second kappa shape index (κ2) is 8.17. The van der Waals surface area contributed by atoms with Crippen LogP contribution in [0.3, 0.4) is 0 Å². The molecule has 8 nitrogen and oxygen atoms in total. The SMILES string of the molecule is C[C@]12C=CC(=O)C=C1CC[C@@H]1[C@@H]2C(O)C[C@@]2(C)[C@H]1CC[C@]2(O)C(=O)COC(=O)CCC(=O)O. The van der Waals surface area contributed by atoms with Crippen molar-refractivity contribution in [2.75, 3.05) is 6.61 Å². The van der Waals surface area contributed by atoms with Gasteiger partial charge in [-0.15, -0.1) is 0 Å². The number of ketones is 2. The van der Waals surface area contributed by atoms with Gasteiger partial charge in [-0.3, -0.25) is 19.2 Å². The molecule has 4 rings (SSSR count). The van der Waals surface area contributed by atoms with Crippen molar-refractivity contribution < 1.29 is 39.2 Å². The molecular formula is C25H32O8. The molecule has 8 heteroatoms. The Bertz CT molecular complexity index is 950. The van der Waals surface area contributed by atoms with Crippen LogP contribution in [0.1, 0.15) is 58.8 Å². The summed E-state index contributed by atoms with van der Waals surface area (Å²) in [5.74, 6) is -2.58. The molecule has 0 aromatic carbocycles. The molecule has 7 atom stereocenters. The van der Waals surface area contributed by atoms with E-state index in [9.17, 15) is 29.4 Å². The van der Waals surface area contributed by atoms with Crippen molar-refractivity contribution in [2.24, 2.45) is 28.6 Å². The number of carbonyl (C=O) groups is 4. The zero-order chi connectivity index (χ0) is 24.2. The molecule has 0 bridgehead atoms. The summed E-state index contributed by atoms with van der Waals surface area (Å²) in [5.41, 5.74) is -1.99. The van der Waals surface area contributed by atoms with Crippen LogP contribution in [0.5, 0.6) is 0 Å². The number of ether oxygens (including phenoxy) is 1. The fourth-order valence-corrected chi connectivity index (χ4v) is 7.34. The molecule has 0 aliphatic heterocycles. The van der Waals surface area contributed by atoms with E-state index in [0.717, 1.165) is 18.4 Å². The van der Waals surface area contributed by atoms with Crippen LogP contribution < -0.4 is 0 Å². The van der Waals surface area contributed by atoms with Gasteiger partial charge in [-0.2, -0.15) is 0 Å². The molecule has 0 saturated heterocycles. The van der Waals surface area contributed by atoms with E-state index in [2.05, 4.69) is 6.92 Å². The summed E-state index contributed by atoms with van der Waals surface area (Å²) in [6.45, 7) is 3.30. The summed E-state index contributed by atoms with van der Waals surface area (Å²) in [4.78, 5) is 47.4. The van der Waals surface area contributed by atoms with Gasteiger partial charge < -0.3 is 20.1 Å². The van der Waals surface area contributed by atoms with Crippen LogP contribution in [0, 0.1) is 28.6 Å². The number of carboxylic acids is 1. The summed E-state index contributed by atoms with van der Waals surface area (Å²) in [5, 5.41) is 31.6. The Morgan fingerprint density at radius 1 is 1.18 bits per heavy atom. The number of Topliss-reactive ketones (excluding diaryl/α,β-unsaturated/α-hetero) is 1. The molecule has 0 radical (unpaired) electrons. The maximum atomic E-state index is 13.1. The van der Waals surface area contributed by atoms with Crippen LogP contribution in [0.15, 0.2) is 23.8 Å². The minimum atomic E-state index is -1.73. The third-order valence-corrected chi connectivity index (χ3v) is 9.02. The number of esters is 1. The number of hydrogen-bond donors (Lipinski definition) is 3. The van der Waals surface area contributed by atoms with Gasteiger partial charge in [0, 0.05) is 16.7 Å². The Hall–Kier alpha value is -2.32. The molecule has 4 aliphatic rings. The highest BCUT2D eigenvalue weighted by Gasteiger charge is 2.68. The average Bonchev–Trinajstić information content (AvgIpc) is 3.02. The van der Waals surface area contributed by atoms with E-state index in [4.69, 9.17) is 9.84 Å². The van der Waals surface area contributed by atoms with Gasteiger partial charge >= 0.3 is 11.9 Å². The topological polar surface area (TPSA) is 138 Å². The van der Waals surface area contributed by atoms with Crippen molar-refractivity contribution in [1.29, 1.82) is 0 Å². The first-order valence-corrected chi connectivity index (χ1v) is 11.7. The minimum Gasteiger partial charge on any atom is -0.481 e. The lowest BCUT2D eigenvalue weighted by Crippen LogP contribution is -2.61. The Morgan fingerprint density at radius 2 is 1.91 bits per heavy atom. The first kappa shape index (κ1) is 23.8. The predicted octanol–water partition coefficient (Wildman–Crippen LogP) is 1.97. The molecule has 3 fully saturated rings. The largest absolute Gasteiger partial charge is 0.481 e. The Balaban J connectivity index is 1.53. The summed E-state index contributed by atoms with van der Waals surface area (Å²) in [6, 6.07) is 0. The lowest BCUT2D eigenvalue weighted by atomic mass is 9.46. The van der Waals surface area contributed by atoms with E-state index in [1.54, 1.807) is 12.2 Å². The van der Waals surface area contributed by atoms with E-state index >= 15 is 0 Å². The normalized spacial score (nSPS) is 41.5. The predicted molar refractivity (Wildman–Crippen MR) is 116 cm³/mol. The smallest absolute Gasteiger partial charge is 0.306 e. The van der Waals surface area contributed by atoms with Gasteiger partial charge in [0.1, 0.15) is 5.60 Å². The molecule has 0 aromatic rings. The third-order valence-electron chi connectivity index (χ3n) is 9.02. The van der Waals surface area contributed by atoms with Crippen molar-refractivity contribution in [2.45, 2.75) is 70.5 Å². The third kappa shape index (κ3) is 3.67. The number of aliphatic hydroxyl groups excluding tert-OH is 1. The Kier molecular flexibility index (Phi) is 5.90. The van der Waals surface area contributed by atoms with Gasteiger partial charge in [-0.25, -0.2) is 0 Å². The van der Waals surface area contributed by atoms with E-state index in [-0.39, 0.29) is 49.2 Å². The number of carbonyl (C=O) groups excluding carboxylic acids is 3. The van der Waals surface area contributed by atoms with Gasteiger partial charge in [0.2, 0.25) is 5.78 Å². The molecule has 0 amide bonds. The summed E-state index contributed by atoms with van der Waals surface area (Å²) in [6.07, 6.45) is 6.27. The molecule has 3 saturated carbocycles. The molecule has 0 spiro atoms. The molecule has 3 N–H and O–H groups in total. The molecular weight excluding hydrogens is 428 g/mol. The molecule has 0 aromatic heterocycles. The number of rotatable bonds is 6. The molecule has 33 heavy (non-hydrogen) atoms. The molecule has 1 unspecified atom stereocenters. The van der Waals surface area contributed by atoms with E-state index < -0.39 is 46.9 Å². The van der Waals surface area contributed by atoms with Crippen LogP contribution >= 0.6 is 0 Å². The maximum absolute atomic E-state index is 13.1. The molecule has 0 heterocycles. The summed E-state index contributed by atoms with van der Waals surface area (Å²) < 4.78 is 4.96. The standard InChI is InChI=1S/C25H32O8/c1-23-9-7-15(26)11-14(23)3-4-16-17-8-10-25(32,24(17,2)12-18(27)22(16)23)19(28)13-33-21(31)6-5-20(29)30/h7,9,11,16-18,22,27,32H,3-6,8,10,12-13H2,1-2H3,(H,29,30)/t16-,17-,18?,22+,23-,24-,25-/m0/s1. The quantitative estimate of drug-likeness (QED) is 0.512. The minimum absolute atomic E-state index is 0.00645. The molecule has 4 aliphatic carbocycles. The zero-order valence-corrected chi connectivity index (χ0v) is 19.1. The average molecular weight is 461 g/mol. The Morgan fingerprint density at radius 3 is 2.61 bits per heavy atom. The van der Waals surface area contributed by atoms with Gasteiger partial charge in [0.25, 0.3) is 0 Å². The van der Waals surface area contributed by atoms with Crippen molar-refractivity contribution in [3.63, 3.8) is 0 Å². The van der Waals surface area contributed by atoms with Gasteiger partial charge in [0.15, 0.2) is 12.4 Å². The highest BCUT2D eigenvalue weighted by atomic mass is 16.5. The number of hydrogen-bond acceptors (Lipinski definition) is 7. The van der Waals surface area contributed by atoms with Crippen molar-refractivity contribution in [1.82, 2.24) is 0 Å². The van der Waals surface area contributed by atoms with Crippen LogP contribution in [0.2, 0.25) is 0 Å². The summed E-state index contributed by atoms with van der Waals surface area (Å²) >= 11 is 0. The second-order valence-corrected chi connectivity index (χ2v) is 10.6. The number of aliphatic hydroxyl groups is 2. The van der Waals surface area contributed by atoms with Crippen molar-refractivity contribution >= 4 is 23.5 Å². The van der Waals surface area contributed by atoms with E-state index in [1.165, 1.54) is 0 Å². The number of aliphatic carboxylic acids is 1. The van der Waals surface area contributed by atoms with Crippen LogP contribution in [-0.4, -0.2) is 57.1 Å². The van der Waals surface area contributed by atoms with Crippen LogP contribution in [0.4, 0.5) is 0 Å². The fraction of sp³-hybridized carbons (Fsp3) is 0.680. The van der Waals surface area contributed by atoms with Crippen LogP contribution in [0.25, 0.3) is 0 Å². The van der Waals surface area contributed by atoms with E-state index in [0.29, 0.717) is 6.42 Å². The maximum Gasteiger partial charge on any atom is 0.306 e. The monoisotopic (exact) mass is 460 g/mol. The summed E-state index contributed by atoms with van der Waals surface area (Å²) in [7, 11) is 0. The molecule has 180 valence electrons. The first-order valence-electron chi connectivity index (χ1n) is 11.7. The lowest BCUT2D eigenvalue weighted by molar-refractivity contribution is -0.181. The number of allylic oxidation sites excluding steroid dienone is 4. The van der Waals surface area contributed by atoms with Gasteiger partial charge in [-0.1, -0.05) is 25.5 Å². The van der Waals surface area contributed by atoms with Gasteiger partial charge in [-0.05, 0) is 56.1 Å². The van der Waals surface area contributed by atoms with Crippen molar-refractivity contribution in [3.8, 4) is 0 Å². The van der Waals surface area contributed by atoms with Gasteiger partial charge in [0.05, 0.1) is 18.9 Å². The Labute approximate surface area is 192 Å². The van der Waals surface area contributed by atoms with Crippen LogP contribution in [-0.2, 0) is 23.9 Å². The second-order valence-electron chi connectivity index (χ2n) is 10.6. The number of fused-ring (bicyclic) bond motifs is 5. The highest BCUT2D eigenvalue weighted by molar-refractivity contribution is 6.01. The fourth-order valence-electron chi connectivity index (χ4n) is 7.34. The number of carboxylic acid groups (broad SMARTS) is 1. The lowest BCUT2D eigenvalue weighted by Gasteiger charge is -2.59. The van der Waals surface area contributed by atoms with E-state index in [1.807, 2.05) is 13.0 Å². The first-order chi connectivity index (χ1) is 15.4. The highest BCUT2D eigenvalue weighted by Crippen LogP contribution is 2.67.